The molecule has 0 fully saturated rings. The molecule has 1 heterocycles. The second-order valence-electron chi connectivity index (χ2n) is 9.86. The molecular weight excluding hydrogens is 478 g/mol. The summed E-state index contributed by atoms with van der Waals surface area (Å²) in [6, 6.07) is 20.7. The molecule has 0 saturated heterocycles. The van der Waals surface area contributed by atoms with Crippen molar-refractivity contribution in [3.05, 3.63) is 107 Å². The summed E-state index contributed by atoms with van der Waals surface area (Å²) in [5.74, 6) is -1.82. The Kier molecular flexibility index (Phi) is 7.96. The van der Waals surface area contributed by atoms with E-state index in [1.807, 2.05) is 74.5 Å². The Labute approximate surface area is 222 Å². The highest BCUT2D eigenvalue weighted by atomic mass is 16.4. The molecule has 0 aliphatic rings. The molecule has 196 valence electrons. The number of carboxylic acid groups (broad SMARTS) is 1. The molecule has 0 bridgehead atoms. The van der Waals surface area contributed by atoms with E-state index in [1.165, 1.54) is 16.8 Å². The Morgan fingerprint density at radius 3 is 2.11 bits per heavy atom. The van der Waals surface area contributed by atoms with Crippen molar-refractivity contribution in [2.75, 3.05) is 14.1 Å². The van der Waals surface area contributed by atoms with Gasteiger partial charge >= 0.3 is 5.97 Å². The maximum atomic E-state index is 14.0. The zero-order chi connectivity index (χ0) is 27.4. The normalized spacial score (nSPS) is 12.6. The molecule has 0 spiro atoms. The molecule has 7 nitrogen and oxygen atoms in total. The predicted octanol–water partition coefficient (Wildman–Crippen LogP) is 4.62. The number of carboxylic acids is 1. The van der Waals surface area contributed by atoms with Crippen LogP contribution in [0.2, 0.25) is 0 Å². The quantitative estimate of drug-likeness (QED) is 0.343. The number of aromatic amines is 1. The van der Waals surface area contributed by atoms with E-state index < -0.39 is 24.0 Å². The lowest BCUT2D eigenvalue weighted by molar-refractivity contribution is -0.150. The van der Waals surface area contributed by atoms with E-state index in [0.29, 0.717) is 5.56 Å². The Hall–Kier alpha value is -4.39. The monoisotopic (exact) mass is 511 g/mol. The highest BCUT2D eigenvalue weighted by Gasteiger charge is 2.35. The van der Waals surface area contributed by atoms with Gasteiger partial charge in [-0.15, -0.1) is 0 Å². The number of rotatable bonds is 9. The highest BCUT2D eigenvalue weighted by molar-refractivity contribution is 5.98. The van der Waals surface area contributed by atoms with Gasteiger partial charge in [-0.3, -0.25) is 9.59 Å². The number of aromatic nitrogens is 1. The lowest BCUT2D eigenvalue weighted by atomic mass is 9.99. The standard InChI is InChI=1S/C31H33N3O4/c1-20-14-21(2)16-23(15-20)29(35)33(3)27(17-22-10-6-5-7-11-22)30(36)34(4)28(31(37)38)18-24-19-32-26-13-9-8-12-25(24)26/h5-16,19,27-28,32H,17-18H2,1-4H3,(H,37,38)/t27-,28+/m1/s1. The SMILES string of the molecule is Cc1cc(C)cc(C(=O)N(C)[C@H](Cc2ccccc2)C(=O)N(C)[C@@H](Cc2c[nH]c3ccccc23)C(=O)O)c1. The Bertz CT molecular complexity index is 1440. The number of benzene rings is 3. The number of carbonyl (C=O) groups is 3. The van der Waals surface area contributed by atoms with Gasteiger partial charge < -0.3 is 19.9 Å². The van der Waals surface area contributed by atoms with Crippen LogP contribution in [0.15, 0.2) is 79.0 Å². The van der Waals surface area contributed by atoms with Crippen molar-refractivity contribution in [3.63, 3.8) is 0 Å². The number of H-pyrrole nitrogens is 1. The third-order valence-electron chi connectivity index (χ3n) is 7.00. The summed E-state index contributed by atoms with van der Waals surface area (Å²) in [7, 11) is 3.11. The molecular formula is C31H33N3O4. The number of hydrogen-bond acceptors (Lipinski definition) is 3. The summed E-state index contributed by atoms with van der Waals surface area (Å²) in [6.07, 6.45) is 2.18. The average Bonchev–Trinajstić information content (AvgIpc) is 3.31. The van der Waals surface area contributed by atoms with Crippen LogP contribution in [0.1, 0.15) is 32.6 Å². The summed E-state index contributed by atoms with van der Waals surface area (Å²) < 4.78 is 0. The largest absolute Gasteiger partial charge is 0.480 e. The lowest BCUT2D eigenvalue weighted by Crippen LogP contribution is -2.54. The van der Waals surface area contributed by atoms with Crippen LogP contribution >= 0.6 is 0 Å². The minimum absolute atomic E-state index is 0.133. The molecule has 4 rings (SSSR count). The Morgan fingerprint density at radius 1 is 0.816 bits per heavy atom. The van der Waals surface area contributed by atoms with Crippen LogP contribution in [0, 0.1) is 13.8 Å². The van der Waals surface area contributed by atoms with Crippen molar-refractivity contribution >= 4 is 28.7 Å². The molecule has 2 N–H and O–H groups in total. The van der Waals surface area contributed by atoms with Gasteiger partial charge in [0.15, 0.2) is 0 Å². The number of nitrogens with one attached hydrogen (secondary N) is 1. The van der Waals surface area contributed by atoms with Crippen molar-refractivity contribution in [1.82, 2.24) is 14.8 Å². The molecule has 0 saturated carbocycles. The number of aliphatic carboxylic acids is 1. The van der Waals surface area contributed by atoms with Crippen LogP contribution < -0.4 is 0 Å². The lowest BCUT2D eigenvalue weighted by Gasteiger charge is -2.33. The van der Waals surface area contributed by atoms with Crippen molar-refractivity contribution in [1.29, 1.82) is 0 Å². The van der Waals surface area contributed by atoms with Gasteiger partial charge in [-0.1, -0.05) is 65.7 Å². The number of likely N-dealkylation sites (N-methyl/N-ethyl adjacent to an activating group) is 2. The average molecular weight is 512 g/mol. The Morgan fingerprint density at radius 2 is 1.45 bits per heavy atom. The van der Waals surface area contributed by atoms with Crippen LogP contribution in [-0.4, -0.2) is 63.9 Å². The molecule has 2 atom stereocenters. The van der Waals surface area contributed by atoms with E-state index in [2.05, 4.69) is 4.98 Å². The van der Waals surface area contributed by atoms with Gasteiger partial charge in [0.2, 0.25) is 5.91 Å². The molecule has 38 heavy (non-hydrogen) atoms. The van der Waals surface area contributed by atoms with Crippen LogP contribution in [-0.2, 0) is 22.4 Å². The number of fused-ring (bicyclic) bond motifs is 1. The van der Waals surface area contributed by atoms with Crippen molar-refractivity contribution in [3.8, 4) is 0 Å². The van der Waals surface area contributed by atoms with E-state index in [4.69, 9.17) is 0 Å². The maximum absolute atomic E-state index is 14.0. The zero-order valence-corrected chi connectivity index (χ0v) is 22.1. The van der Waals surface area contributed by atoms with Crippen LogP contribution in [0.25, 0.3) is 10.9 Å². The number of amides is 2. The van der Waals surface area contributed by atoms with Gasteiger partial charge in [0.05, 0.1) is 0 Å². The summed E-state index contributed by atoms with van der Waals surface area (Å²) in [5, 5.41) is 11.1. The first-order valence-electron chi connectivity index (χ1n) is 12.6. The van der Waals surface area contributed by atoms with Gasteiger partial charge in [-0.05, 0) is 43.2 Å². The minimum Gasteiger partial charge on any atom is -0.480 e. The van der Waals surface area contributed by atoms with Crippen molar-refractivity contribution < 1.29 is 19.5 Å². The fourth-order valence-corrected chi connectivity index (χ4v) is 4.96. The molecule has 0 aliphatic heterocycles. The summed E-state index contributed by atoms with van der Waals surface area (Å²) in [5.41, 5.74) is 4.99. The Balaban J connectivity index is 1.65. The fourth-order valence-electron chi connectivity index (χ4n) is 4.96. The molecule has 0 aliphatic carbocycles. The van der Waals surface area contributed by atoms with Gasteiger partial charge in [0.25, 0.3) is 5.91 Å². The second kappa shape index (κ2) is 11.3. The second-order valence-corrected chi connectivity index (χ2v) is 9.86. The summed E-state index contributed by atoms with van der Waals surface area (Å²) in [4.78, 5) is 45.8. The first-order valence-corrected chi connectivity index (χ1v) is 12.6. The van der Waals surface area contributed by atoms with Crippen molar-refractivity contribution in [2.24, 2.45) is 0 Å². The van der Waals surface area contributed by atoms with Crippen LogP contribution in [0.3, 0.4) is 0 Å². The third-order valence-corrected chi connectivity index (χ3v) is 7.00. The van der Waals surface area contributed by atoms with Crippen LogP contribution in [0.4, 0.5) is 0 Å². The first-order chi connectivity index (χ1) is 18.2. The zero-order valence-electron chi connectivity index (χ0n) is 22.1. The summed E-state index contributed by atoms with van der Waals surface area (Å²) in [6.45, 7) is 3.85. The minimum atomic E-state index is -1.11. The number of hydrogen-bond donors (Lipinski definition) is 2. The molecule has 0 radical (unpaired) electrons. The van der Waals surface area contributed by atoms with E-state index in [0.717, 1.165) is 33.2 Å². The molecule has 7 heteroatoms. The van der Waals surface area contributed by atoms with E-state index in [1.54, 1.807) is 25.4 Å². The molecule has 1 aromatic heterocycles. The number of para-hydroxylation sites is 1. The maximum Gasteiger partial charge on any atom is 0.326 e. The molecule has 3 aromatic carbocycles. The first kappa shape index (κ1) is 26.7. The van der Waals surface area contributed by atoms with E-state index >= 15 is 0 Å². The third kappa shape index (κ3) is 5.78. The fraction of sp³-hybridized carbons (Fsp3) is 0.258. The van der Waals surface area contributed by atoms with Gasteiger partial charge in [-0.25, -0.2) is 4.79 Å². The van der Waals surface area contributed by atoms with E-state index in [-0.39, 0.29) is 18.7 Å². The topological polar surface area (TPSA) is 93.7 Å². The molecule has 4 aromatic rings. The molecule has 2 amide bonds. The van der Waals surface area contributed by atoms with Crippen LogP contribution in [0.5, 0.6) is 0 Å². The molecule has 0 unspecified atom stereocenters. The number of nitrogens with zero attached hydrogens (tertiary/aromatic N) is 2. The van der Waals surface area contributed by atoms with E-state index in [9.17, 15) is 19.5 Å². The van der Waals surface area contributed by atoms with Gasteiger partial charge in [-0.2, -0.15) is 0 Å². The van der Waals surface area contributed by atoms with Gasteiger partial charge in [0, 0.05) is 49.6 Å². The number of aryl methyl sites for hydroxylation is 2. The highest BCUT2D eigenvalue weighted by Crippen LogP contribution is 2.22. The smallest absolute Gasteiger partial charge is 0.326 e. The number of carbonyl (C=O) groups excluding carboxylic acids is 2. The summed E-state index contributed by atoms with van der Waals surface area (Å²) >= 11 is 0. The van der Waals surface area contributed by atoms with Crippen molar-refractivity contribution in [2.45, 2.75) is 38.8 Å². The predicted molar refractivity (Wildman–Crippen MR) is 148 cm³/mol. The van der Waals surface area contributed by atoms with Gasteiger partial charge in [0.1, 0.15) is 12.1 Å².